The molecule has 0 aliphatic rings. The largest absolute Gasteiger partial charge is 0.464 e. The van der Waals surface area contributed by atoms with Crippen LogP contribution in [0, 0.1) is 10.1 Å². The zero-order valence-corrected chi connectivity index (χ0v) is 6.47. The van der Waals surface area contributed by atoms with Crippen LogP contribution in [0.25, 0.3) is 11.3 Å². The summed E-state index contributed by atoms with van der Waals surface area (Å²) in [5.74, 6) is 0.267. The minimum atomic E-state index is -0.591. The molecule has 66 valence electrons. The normalized spacial score (nSPS) is 10.2. The molecule has 0 atom stereocenters. The Labute approximate surface area is 72.7 Å². The third kappa shape index (κ3) is 1.31. The lowest BCUT2D eigenvalue weighted by Crippen LogP contribution is -1.82. The fourth-order valence-electron chi connectivity index (χ4n) is 0.993. The predicted molar refractivity (Wildman–Crippen MR) is 43.1 cm³/mol. The molecular formula is C8H5NO4. The van der Waals surface area contributed by atoms with Crippen LogP contribution in [0.4, 0.5) is 5.88 Å². The number of rotatable bonds is 2. The molecule has 0 aliphatic heterocycles. The first kappa shape index (κ1) is 7.60. The van der Waals surface area contributed by atoms with E-state index in [0.717, 1.165) is 0 Å². The molecule has 0 saturated carbocycles. The van der Waals surface area contributed by atoms with E-state index in [4.69, 9.17) is 8.83 Å². The van der Waals surface area contributed by atoms with E-state index in [2.05, 4.69) is 0 Å². The van der Waals surface area contributed by atoms with Crippen LogP contribution >= 0.6 is 0 Å². The molecule has 0 radical (unpaired) electrons. The summed E-state index contributed by atoms with van der Waals surface area (Å²) >= 11 is 0. The molecular weight excluding hydrogens is 174 g/mol. The zero-order chi connectivity index (χ0) is 9.26. The molecule has 0 unspecified atom stereocenters. The lowest BCUT2D eigenvalue weighted by atomic mass is 10.3. The minimum absolute atomic E-state index is 0.286. The second-order valence-electron chi connectivity index (χ2n) is 2.41. The summed E-state index contributed by atoms with van der Waals surface area (Å²) < 4.78 is 9.72. The fourth-order valence-corrected chi connectivity index (χ4v) is 0.993. The van der Waals surface area contributed by atoms with E-state index in [1.807, 2.05) is 0 Å². The Morgan fingerprint density at radius 3 is 2.77 bits per heavy atom. The topological polar surface area (TPSA) is 69.4 Å². The van der Waals surface area contributed by atoms with Crippen molar-refractivity contribution >= 4 is 5.88 Å². The zero-order valence-electron chi connectivity index (χ0n) is 6.47. The van der Waals surface area contributed by atoms with Crippen LogP contribution in [0.15, 0.2) is 39.6 Å². The molecule has 5 heteroatoms. The molecule has 13 heavy (non-hydrogen) atoms. The van der Waals surface area contributed by atoms with Crippen molar-refractivity contribution in [2.75, 3.05) is 0 Å². The average molecular weight is 179 g/mol. The lowest BCUT2D eigenvalue weighted by Gasteiger charge is -1.83. The van der Waals surface area contributed by atoms with Gasteiger partial charge in [-0.05, 0) is 12.1 Å². The molecule has 0 N–H and O–H groups in total. The number of hydrogen-bond acceptors (Lipinski definition) is 4. The number of furan rings is 2. The van der Waals surface area contributed by atoms with Gasteiger partial charge in [-0.15, -0.1) is 0 Å². The van der Waals surface area contributed by atoms with E-state index < -0.39 is 4.92 Å². The Morgan fingerprint density at radius 2 is 2.23 bits per heavy atom. The molecule has 0 spiro atoms. The van der Waals surface area contributed by atoms with E-state index in [9.17, 15) is 10.1 Å². The quantitative estimate of drug-likeness (QED) is 0.524. The standard InChI is InChI=1S/C8H5NO4/c10-9(11)8-4-6(5-13-8)7-2-1-3-12-7/h1-5H. The molecule has 2 aromatic rings. The summed E-state index contributed by atoms with van der Waals surface area (Å²) in [5.41, 5.74) is 0.566. The average Bonchev–Trinajstić information content (AvgIpc) is 2.75. The highest BCUT2D eigenvalue weighted by molar-refractivity contribution is 5.57. The molecule has 0 amide bonds. The highest BCUT2D eigenvalue weighted by atomic mass is 16.6. The highest BCUT2D eigenvalue weighted by Gasteiger charge is 2.13. The van der Waals surface area contributed by atoms with Gasteiger partial charge in [0, 0.05) is 0 Å². The van der Waals surface area contributed by atoms with Crippen molar-refractivity contribution in [3.05, 3.63) is 40.8 Å². The third-order valence-corrected chi connectivity index (χ3v) is 1.57. The molecule has 0 aliphatic carbocycles. The van der Waals surface area contributed by atoms with Gasteiger partial charge in [0.2, 0.25) is 0 Å². The lowest BCUT2D eigenvalue weighted by molar-refractivity contribution is -0.402. The van der Waals surface area contributed by atoms with Crippen LogP contribution in [0.3, 0.4) is 0 Å². The van der Waals surface area contributed by atoms with Gasteiger partial charge < -0.3 is 8.83 Å². The number of nitrogens with zero attached hydrogens (tertiary/aromatic N) is 1. The summed E-state index contributed by atoms with van der Waals surface area (Å²) in [6.07, 6.45) is 2.78. The smallest absolute Gasteiger partial charge is 0.433 e. The first-order chi connectivity index (χ1) is 6.27. The Balaban J connectivity index is 2.39. The molecule has 2 heterocycles. The van der Waals surface area contributed by atoms with Crippen molar-refractivity contribution in [3.63, 3.8) is 0 Å². The van der Waals surface area contributed by atoms with Gasteiger partial charge in [0.1, 0.15) is 16.9 Å². The minimum Gasteiger partial charge on any atom is -0.464 e. The van der Waals surface area contributed by atoms with Gasteiger partial charge in [-0.3, -0.25) is 10.1 Å². The van der Waals surface area contributed by atoms with E-state index in [0.29, 0.717) is 11.3 Å². The van der Waals surface area contributed by atoms with Crippen LogP contribution in [-0.2, 0) is 0 Å². The summed E-state index contributed by atoms with van der Waals surface area (Å²) in [4.78, 5) is 9.67. The molecule has 2 aromatic heterocycles. The Hall–Kier alpha value is -2.04. The van der Waals surface area contributed by atoms with Crippen molar-refractivity contribution in [3.8, 4) is 11.3 Å². The van der Waals surface area contributed by atoms with Crippen molar-refractivity contribution in [1.29, 1.82) is 0 Å². The van der Waals surface area contributed by atoms with Crippen LogP contribution in [0.5, 0.6) is 0 Å². The number of nitro groups is 1. The van der Waals surface area contributed by atoms with Crippen LogP contribution in [0.1, 0.15) is 0 Å². The van der Waals surface area contributed by atoms with Gasteiger partial charge in [-0.1, -0.05) is 0 Å². The number of hydrogen-bond donors (Lipinski definition) is 0. The van der Waals surface area contributed by atoms with E-state index in [1.54, 1.807) is 12.1 Å². The van der Waals surface area contributed by atoms with Crippen molar-refractivity contribution in [2.24, 2.45) is 0 Å². The third-order valence-electron chi connectivity index (χ3n) is 1.57. The Morgan fingerprint density at radius 1 is 1.38 bits per heavy atom. The van der Waals surface area contributed by atoms with Gasteiger partial charge in [-0.2, -0.15) is 0 Å². The molecule has 0 saturated heterocycles. The molecule has 0 fully saturated rings. The molecule has 0 aromatic carbocycles. The maximum absolute atomic E-state index is 10.3. The van der Waals surface area contributed by atoms with Crippen molar-refractivity contribution in [2.45, 2.75) is 0 Å². The summed E-state index contributed by atoms with van der Waals surface area (Å²) in [7, 11) is 0. The first-order valence-corrected chi connectivity index (χ1v) is 3.54. The van der Waals surface area contributed by atoms with Gasteiger partial charge in [0.15, 0.2) is 0 Å². The molecule has 0 bridgehead atoms. The highest BCUT2D eigenvalue weighted by Crippen LogP contribution is 2.25. The maximum Gasteiger partial charge on any atom is 0.433 e. The second-order valence-corrected chi connectivity index (χ2v) is 2.41. The van der Waals surface area contributed by atoms with Gasteiger partial charge in [0.05, 0.1) is 17.9 Å². The van der Waals surface area contributed by atoms with Crippen molar-refractivity contribution < 1.29 is 13.8 Å². The van der Waals surface area contributed by atoms with Crippen molar-refractivity contribution in [1.82, 2.24) is 0 Å². The van der Waals surface area contributed by atoms with E-state index in [1.165, 1.54) is 18.6 Å². The van der Waals surface area contributed by atoms with E-state index in [-0.39, 0.29) is 5.88 Å². The maximum atomic E-state index is 10.3. The first-order valence-electron chi connectivity index (χ1n) is 3.54. The predicted octanol–water partition coefficient (Wildman–Crippen LogP) is 2.45. The molecule has 5 nitrogen and oxygen atoms in total. The van der Waals surface area contributed by atoms with Crippen LogP contribution < -0.4 is 0 Å². The van der Waals surface area contributed by atoms with Gasteiger partial charge in [0.25, 0.3) is 0 Å². The second kappa shape index (κ2) is 2.78. The summed E-state index contributed by atoms with van der Waals surface area (Å²) in [5, 5.41) is 10.3. The van der Waals surface area contributed by atoms with Gasteiger partial charge >= 0.3 is 5.88 Å². The SMILES string of the molecule is O=[N+]([O-])c1cc(-c2ccco2)co1. The van der Waals surface area contributed by atoms with E-state index >= 15 is 0 Å². The Bertz CT molecular complexity index is 415. The summed E-state index contributed by atoms with van der Waals surface area (Å²) in [6, 6.07) is 4.72. The monoisotopic (exact) mass is 179 g/mol. The fraction of sp³-hybridized carbons (Fsp3) is 0. The Kier molecular flexibility index (Phi) is 1.63. The van der Waals surface area contributed by atoms with Crippen LogP contribution in [0.2, 0.25) is 0 Å². The summed E-state index contributed by atoms with van der Waals surface area (Å²) in [6.45, 7) is 0. The van der Waals surface area contributed by atoms with Crippen LogP contribution in [-0.4, -0.2) is 4.92 Å². The van der Waals surface area contributed by atoms with Gasteiger partial charge in [-0.25, -0.2) is 0 Å². The molecule has 2 rings (SSSR count).